The number of rotatable bonds is 4. The van der Waals surface area contributed by atoms with E-state index in [1.54, 1.807) is 0 Å². The minimum absolute atomic E-state index is 0.171. The lowest BCUT2D eigenvalue weighted by Gasteiger charge is -2.47. The van der Waals surface area contributed by atoms with Crippen molar-refractivity contribution in [3.8, 4) is 0 Å². The summed E-state index contributed by atoms with van der Waals surface area (Å²) in [5.74, 6) is 1.18. The molecule has 2 aromatic heterocycles. The van der Waals surface area contributed by atoms with E-state index in [9.17, 15) is 4.79 Å². The Balaban J connectivity index is 1.28. The summed E-state index contributed by atoms with van der Waals surface area (Å²) in [5.41, 5.74) is 2.01. The van der Waals surface area contributed by atoms with Crippen molar-refractivity contribution >= 4 is 29.0 Å². The van der Waals surface area contributed by atoms with Crippen LogP contribution in [0.15, 0.2) is 35.7 Å². The van der Waals surface area contributed by atoms with Crippen molar-refractivity contribution in [1.82, 2.24) is 9.88 Å². The molecular weight excluding hydrogens is 340 g/mol. The van der Waals surface area contributed by atoms with Crippen LogP contribution in [0.5, 0.6) is 0 Å². The molecule has 4 heterocycles. The topological polar surface area (TPSA) is 42.4 Å². The van der Waals surface area contributed by atoms with Crippen molar-refractivity contribution in [2.45, 2.75) is 30.8 Å². The fourth-order valence-corrected chi connectivity index (χ4v) is 5.60. The molecule has 0 N–H and O–H groups in total. The third-order valence-corrected chi connectivity index (χ3v) is 7.00. The SMILES string of the molecule is Cc1cccc(CO[C@H]2CSC3(C2)CN(C(=O)c2cccs2)C3)n1. The number of thioether (sulfide) groups is 1. The Labute approximate surface area is 150 Å². The highest BCUT2D eigenvalue weighted by Crippen LogP contribution is 2.46. The van der Waals surface area contributed by atoms with Gasteiger partial charge in [0.05, 0.1) is 28.0 Å². The number of amides is 1. The number of nitrogens with zero attached hydrogens (tertiary/aromatic N) is 2. The molecule has 4 nitrogen and oxygen atoms in total. The largest absolute Gasteiger partial charge is 0.371 e. The van der Waals surface area contributed by atoms with E-state index in [1.807, 2.05) is 59.3 Å². The van der Waals surface area contributed by atoms with Crippen LogP contribution in [0.1, 0.15) is 27.5 Å². The van der Waals surface area contributed by atoms with Crippen molar-refractivity contribution in [2.75, 3.05) is 18.8 Å². The lowest BCUT2D eigenvalue weighted by molar-refractivity contribution is 0.0246. The Morgan fingerprint density at radius 2 is 2.25 bits per heavy atom. The smallest absolute Gasteiger partial charge is 0.264 e. The van der Waals surface area contributed by atoms with Crippen LogP contribution in [0.3, 0.4) is 0 Å². The molecule has 1 spiro atoms. The van der Waals surface area contributed by atoms with Crippen LogP contribution in [0, 0.1) is 6.92 Å². The molecule has 1 amide bonds. The van der Waals surface area contributed by atoms with E-state index < -0.39 is 0 Å². The number of pyridine rings is 1. The Morgan fingerprint density at radius 1 is 1.38 bits per heavy atom. The summed E-state index contributed by atoms with van der Waals surface area (Å²) in [4.78, 5) is 19.6. The average molecular weight is 361 g/mol. The molecule has 2 fully saturated rings. The van der Waals surface area contributed by atoms with Crippen molar-refractivity contribution in [2.24, 2.45) is 0 Å². The molecule has 0 aromatic carbocycles. The van der Waals surface area contributed by atoms with E-state index in [1.165, 1.54) is 11.3 Å². The lowest BCUT2D eigenvalue weighted by Crippen LogP contribution is -2.60. The molecule has 2 aromatic rings. The number of hydrogen-bond donors (Lipinski definition) is 0. The first-order valence-corrected chi connectivity index (χ1v) is 10.0. The van der Waals surface area contributed by atoms with Crippen molar-refractivity contribution < 1.29 is 9.53 Å². The van der Waals surface area contributed by atoms with Gasteiger partial charge in [0.1, 0.15) is 0 Å². The summed E-state index contributed by atoms with van der Waals surface area (Å²) in [6.07, 6.45) is 1.29. The van der Waals surface area contributed by atoms with Crippen LogP contribution in [0.2, 0.25) is 0 Å². The molecule has 1 atom stereocenters. The van der Waals surface area contributed by atoms with Crippen molar-refractivity contribution in [1.29, 1.82) is 0 Å². The molecule has 0 unspecified atom stereocenters. The van der Waals surface area contributed by atoms with Gasteiger partial charge in [-0.3, -0.25) is 9.78 Å². The Bertz CT molecular complexity index is 726. The van der Waals surface area contributed by atoms with Crippen LogP contribution >= 0.6 is 23.1 Å². The maximum absolute atomic E-state index is 12.3. The second kappa shape index (κ2) is 6.50. The van der Waals surface area contributed by atoms with Crippen LogP contribution < -0.4 is 0 Å². The van der Waals surface area contributed by atoms with Gasteiger partial charge >= 0.3 is 0 Å². The second-order valence-electron chi connectivity index (χ2n) is 6.54. The average Bonchev–Trinajstić information content (AvgIpc) is 3.21. The molecule has 0 saturated carbocycles. The number of thiophene rings is 1. The predicted octanol–water partition coefficient (Wildman–Crippen LogP) is 3.37. The Hall–Kier alpha value is -1.37. The maximum atomic E-state index is 12.3. The van der Waals surface area contributed by atoms with Gasteiger partial charge in [0, 0.05) is 24.5 Å². The fourth-order valence-electron chi connectivity index (χ4n) is 3.36. The van der Waals surface area contributed by atoms with Gasteiger partial charge < -0.3 is 9.64 Å². The number of carbonyl (C=O) groups excluding carboxylic acids is 1. The van der Waals surface area contributed by atoms with Gasteiger partial charge in [-0.25, -0.2) is 0 Å². The molecule has 2 aliphatic heterocycles. The third-order valence-electron chi connectivity index (χ3n) is 4.57. The highest BCUT2D eigenvalue weighted by atomic mass is 32.2. The first-order chi connectivity index (χ1) is 11.6. The standard InChI is InChI=1S/C18H20N2O2S2/c1-13-4-2-5-14(19-13)9-22-15-8-18(24-10-15)11-20(12-18)17(21)16-6-3-7-23-16/h2-7,15H,8-12H2,1H3/t15-/m1/s1. The predicted molar refractivity (Wildman–Crippen MR) is 97.6 cm³/mol. The van der Waals surface area contributed by atoms with E-state index in [2.05, 4.69) is 4.98 Å². The minimum atomic E-state index is 0.171. The molecule has 2 saturated heterocycles. The van der Waals surface area contributed by atoms with Crippen molar-refractivity contribution in [3.63, 3.8) is 0 Å². The first kappa shape index (κ1) is 16.1. The molecule has 6 heteroatoms. The summed E-state index contributed by atoms with van der Waals surface area (Å²) in [6, 6.07) is 9.86. The van der Waals surface area contributed by atoms with Gasteiger partial charge in [-0.2, -0.15) is 0 Å². The lowest BCUT2D eigenvalue weighted by atomic mass is 9.92. The quantitative estimate of drug-likeness (QED) is 0.838. The van der Waals surface area contributed by atoms with Crippen LogP contribution in [0.4, 0.5) is 0 Å². The number of ether oxygens (including phenoxy) is 1. The summed E-state index contributed by atoms with van der Waals surface area (Å²) in [6.45, 7) is 4.26. The van der Waals surface area contributed by atoms with Gasteiger partial charge in [0.25, 0.3) is 5.91 Å². The molecule has 0 aliphatic carbocycles. The fraction of sp³-hybridized carbons (Fsp3) is 0.444. The molecule has 4 rings (SSSR count). The van der Waals surface area contributed by atoms with E-state index in [-0.39, 0.29) is 16.8 Å². The van der Waals surface area contributed by atoms with E-state index in [4.69, 9.17) is 4.74 Å². The normalized spacial score (nSPS) is 21.9. The highest BCUT2D eigenvalue weighted by Gasteiger charge is 2.51. The summed E-state index contributed by atoms with van der Waals surface area (Å²) in [5, 5.41) is 1.95. The van der Waals surface area contributed by atoms with Gasteiger partial charge in [-0.15, -0.1) is 23.1 Å². The zero-order chi connectivity index (χ0) is 16.6. The molecule has 126 valence electrons. The molecular formula is C18H20N2O2S2. The highest BCUT2D eigenvalue weighted by molar-refractivity contribution is 8.01. The van der Waals surface area contributed by atoms with E-state index in [0.29, 0.717) is 6.61 Å². The maximum Gasteiger partial charge on any atom is 0.264 e. The van der Waals surface area contributed by atoms with E-state index >= 15 is 0 Å². The van der Waals surface area contributed by atoms with Crippen LogP contribution in [-0.4, -0.2) is 45.5 Å². The number of aromatic nitrogens is 1. The summed E-state index contributed by atoms with van der Waals surface area (Å²) in [7, 11) is 0. The monoisotopic (exact) mass is 360 g/mol. The Morgan fingerprint density at radius 3 is 3.00 bits per heavy atom. The number of likely N-dealkylation sites (tertiary alicyclic amines) is 1. The zero-order valence-corrected chi connectivity index (χ0v) is 15.2. The Kier molecular flexibility index (Phi) is 4.37. The van der Waals surface area contributed by atoms with Crippen LogP contribution in [0.25, 0.3) is 0 Å². The van der Waals surface area contributed by atoms with Gasteiger partial charge in [0.2, 0.25) is 0 Å². The number of hydrogen-bond acceptors (Lipinski definition) is 5. The van der Waals surface area contributed by atoms with Crippen LogP contribution in [-0.2, 0) is 11.3 Å². The van der Waals surface area contributed by atoms with E-state index in [0.717, 1.165) is 41.5 Å². The van der Waals surface area contributed by atoms with Gasteiger partial charge in [-0.1, -0.05) is 12.1 Å². The van der Waals surface area contributed by atoms with Gasteiger partial charge in [-0.05, 0) is 36.9 Å². The molecule has 24 heavy (non-hydrogen) atoms. The summed E-state index contributed by atoms with van der Waals surface area (Å²) < 4.78 is 6.26. The summed E-state index contributed by atoms with van der Waals surface area (Å²) >= 11 is 3.48. The number of aryl methyl sites for hydroxylation is 1. The minimum Gasteiger partial charge on any atom is -0.371 e. The molecule has 2 aliphatic rings. The van der Waals surface area contributed by atoms with Crippen molar-refractivity contribution in [3.05, 3.63) is 52.0 Å². The molecule has 0 bridgehead atoms. The van der Waals surface area contributed by atoms with Gasteiger partial charge in [0.15, 0.2) is 0 Å². The zero-order valence-electron chi connectivity index (χ0n) is 13.6. The third kappa shape index (κ3) is 3.23. The molecule has 0 radical (unpaired) electrons. The number of carbonyl (C=O) groups is 1. The second-order valence-corrected chi connectivity index (χ2v) is 8.98. The first-order valence-electron chi connectivity index (χ1n) is 8.14.